The zero-order valence-corrected chi connectivity index (χ0v) is 13.0. The molecule has 0 atom stereocenters. The van der Waals surface area contributed by atoms with Crippen molar-refractivity contribution in [1.29, 1.82) is 0 Å². The second-order valence-corrected chi connectivity index (χ2v) is 5.45. The third kappa shape index (κ3) is 2.92. The lowest BCUT2D eigenvalue weighted by atomic mass is 10.1. The molecule has 0 aliphatic carbocycles. The summed E-state index contributed by atoms with van der Waals surface area (Å²) in [6.07, 6.45) is 2.16. The van der Waals surface area contributed by atoms with Crippen LogP contribution >= 0.6 is 0 Å². The van der Waals surface area contributed by atoms with Crippen LogP contribution in [0.5, 0.6) is 5.75 Å². The summed E-state index contributed by atoms with van der Waals surface area (Å²) in [5.74, 6) is 1.72. The highest BCUT2D eigenvalue weighted by Crippen LogP contribution is 2.29. The van der Waals surface area contributed by atoms with E-state index in [2.05, 4.69) is 15.3 Å². The van der Waals surface area contributed by atoms with Crippen LogP contribution in [0.4, 0.5) is 11.5 Å². The van der Waals surface area contributed by atoms with Crippen molar-refractivity contribution in [1.82, 2.24) is 9.97 Å². The molecule has 122 valence electrons. The first-order valence-electron chi connectivity index (χ1n) is 7.59. The summed E-state index contributed by atoms with van der Waals surface area (Å²) in [5, 5.41) is 13.4. The third-order valence-corrected chi connectivity index (χ3v) is 3.79. The number of hydrogen-bond donors (Lipinski definition) is 2. The first-order valence-corrected chi connectivity index (χ1v) is 7.59. The van der Waals surface area contributed by atoms with E-state index in [1.807, 2.05) is 18.2 Å². The lowest BCUT2D eigenvalue weighted by molar-refractivity contribution is 0.110. The standard InChI is InChI=1S/C19H13N3O3/c23-10-15-6-8-18(25-15)12-1-7-17-16(9-12)19(21-11-20-17)22-13-2-4-14(24)5-3-13/h1-11,24H,(H,20,21,22). The summed E-state index contributed by atoms with van der Waals surface area (Å²) in [6, 6.07) is 15.8. The number of nitrogens with zero attached hydrogens (tertiary/aromatic N) is 2. The Balaban J connectivity index is 1.77. The summed E-state index contributed by atoms with van der Waals surface area (Å²) in [4.78, 5) is 19.4. The molecule has 2 N–H and O–H groups in total. The van der Waals surface area contributed by atoms with Crippen LogP contribution in [0.3, 0.4) is 0 Å². The van der Waals surface area contributed by atoms with Gasteiger partial charge >= 0.3 is 0 Å². The molecule has 4 rings (SSSR count). The molecule has 0 aliphatic rings. The molecule has 0 aliphatic heterocycles. The number of benzene rings is 2. The van der Waals surface area contributed by atoms with Gasteiger partial charge in [-0.15, -0.1) is 0 Å². The van der Waals surface area contributed by atoms with Gasteiger partial charge in [-0.3, -0.25) is 4.79 Å². The molecule has 6 nitrogen and oxygen atoms in total. The van der Waals surface area contributed by atoms with Gasteiger partial charge < -0.3 is 14.8 Å². The normalized spacial score (nSPS) is 10.7. The van der Waals surface area contributed by atoms with Gasteiger partial charge in [0.05, 0.1) is 5.52 Å². The van der Waals surface area contributed by atoms with Crippen molar-refractivity contribution in [2.45, 2.75) is 0 Å². The van der Waals surface area contributed by atoms with Crippen LogP contribution in [-0.4, -0.2) is 21.4 Å². The number of nitrogens with one attached hydrogen (secondary N) is 1. The van der Waals surface area contributed by atoms with E-state index in [9.17, 15) is 9.90 Å². The Morgan fingerprint density at radius 3 is 2.60 bits per heavy atom. The number of aromatic hydroxyl groups is 1. The van der Waals surface area contributed by atoms with Gasteiger partial charge in [-0.05, 0) is 54.6 Å². The van der Waals surface area contributed by atoms with Crippen molar-refractivity contribution in [2.75, 3.05) is 5.32 Å². The number of phenols is 1. The summed E-state index contributed by atoms with van der Waals surface area (Å²) >= 11 is 0. The number of aromatic nitrogens is 2. The van der Waals surface area contributed by atoms with E-state index >= 15 is 0 Å². The Kier molecular flexibility index (Phi) is 3.63. The van der Waals surface area contributed by atoms with Gasteiger partial charge in [0, 0.05) is 16.6 Å². The molecule has 2 heterocycles. The first-order chi connectivity index (χ1) is 12.2. The topological polar surface area (TPSA) is 88.2 Å². The zero-order chi connectivity index (χ0) is 17.2. The number of fused-ring (bicyclic) bond motifs is 1. The maximum Gasteiger partial charge on any atom is 0.185 e. The molecule has 6 heteroatoms. The predicted molar refractivity (Wildman–Crippen MR) is 94.0 cm³/mol. The van der Waals surface area contributed by atoms with Crippen LogP contribution in [0.15, 0.2) is 65.3 Å². The molecule has 25 heavy (non-hydrogen) atoms. The maximum atomic E-state index is 10.8. The van der Waals surface area contributed by atoms with Gasteiger partial charge in [-0.1, -0.05) is 0 Å². The molecule has 2 aromatic heterocycles. The SMILES string of the molecule is O=Cc1ccc(-c2ccc3ncnc(Nc4ccc(O)cc4)c3c2)o1. The van der Waals surface area contributed by atoms with Crippen molar-refractivity contribution in [3.63, 3.8) is 0 Å². The Morgan fingerprint density at radius 2 is 1.84 bits per heavy atom. The van der Waals surface area contributed by atoms with Crippen LogP contribution in [0.1, 0.15) is 10.6 Å². The van der Waals surface area contributed by atoms with E-state index in [0.717, 1.165) is 22.2 Å². The van der Waals surface area contributed by atoms with E-state index in [-0.39, 0.29) is 11.5 Å². The van der Waals surface area contributed by atoms with Crippen molar-refractivity contribution >= 4 is 28.7 Å². The third-order valence-electron chi connectivity index (χ3n) is 3.79. The van der Waals surface area contributed by atoms with Crippen LogP contribution in [0.2, 0.25) is 0 Å². The average molecular weight is 331 g/mol. The molecule has 0 unspecified atom stereocenters. The second kappa shape index (κ2) is 6.09. The minimum atomic E-state index is 0.198. The number of furan rings is 1. The Bertz CT molecular complexity index is 1060. The van der Waals surface area contributed by atoms with Crippen molar-refractivity contribution in [2.24, 2.45) is 0 Å². The Morgan fingerprint density at radius 1 is 1.00 bits per heavy atom. The molecule has 0 spiro atoms. The molecule has 0 fully saturated rings. The van der Waals surface area contributed by atoms with Gasteiger partial charge in [0.15, 0.2) is 12.0 Å². The minimum absolute atomic E-state index is 0.198. The van der Waals surface area contributed by atoms with E-state index in [4.69, 9.17) is 4.42 Å². The molecule has 4 aromatic rings. The number of aldehydes is 1. The van der Waals surface area contributed by atoms with E-state index < -0.39 is 0 Å². The van der Waals surface area contributed by atoms with E-state index in [0.29, 0.717) is 17.9 Å². The molecule has 2 aromatic carbocycles. The summed E-state index contributed by atoms with van der Waals surface area (Å²) < 4.78 is 5.48. The summed E-state index contributed by atoms with van der Waals surface area (Å²) in [5.41, 5.74) is 2.40. The van der Waals surface area contributed by atoms with Crippen LogP contribution in [0.25, 0.3) is 22.2 Å². The predicted octanol–water partition coefficient (Wildman–Crippen LogP) is 4.15. The average Bonchev–Trinajstić information content (AvgIpc) is 3.13. The molecule has 0 amide bonds. The molecule has 0 bridgehead atoms. The maximum absolute atomic E-state index is 10.8. The Hall–Kier alpha value is -3.67. The van der Waals surface area contributed by atoms with Crippen molar-refractivity contribution < 1.29 is 14.3 Å². The number of carbonyl (C=O) groups excluding carboxylic acids is 1. The fraction of sp³-hybridized carbons (Fsp3) is 0. The number of carbonyl (C=O) groups is 1. The summed E-state index contributed by atoms with van der Waals surface area (Å²) in [7, 11) is 0. The lowest BCUT2D eigenvalue weighted by Crippen LogP contribution is -1.96. The molecule has 0 saturated carbocycles. The van der Waals surface area contributed by atoms with Crippen LogP contribution < -0.4 is 5.32 Å². The van der Waals surface area contributed by atoms with E-state index in [1.165, 1.54) is 6.33 Å². The van der Waals surface area contributed by atoms with Crippen LogP contribution in [-0.2, 0) is 0 Å². The smallest absolute Gasteiger partial charge is 0.185 e. The molecule has 0 saturated heterocycles. The highest BCUT2D eigenvalue weighted by Gasteiger charge is 2.09. The highest BCUT2D eigenvalue weighted by atomic mass is 16.3. The van der Waals surface area contributed by atoms with Gasteiger partial charge in [0.25, 0.3) is 0 Å². The zero-order valence-electron chi connectivity index (χ0n) is 13.0. The first kappa shape index (κ1) is 14.9. The van der Waals surface area contributed by atoms with Gasteiger partial charge in [0.1, 0.15) is 23.7 Å². The highest BCUT2D eigenvalue weighted by molar-refractivity contribution is 5.93. The quantitative estimate of drug-likeness (QED) is 0.431. The molecular weight excluding hydrogens is 318 g/mol. The molecular formula is C19H13N3O3. The van der Waals surface area contributed by atoms with Gasteiger partial charge in [-0.2, -0.15) is 0 Å². The fourth-order valence-electron chi connectivity index (χ4n) is 2.56. The number of anilines is 2. The lowest BCUT2D eigenvalue weighted by Gasteiger charge is -2.09. The Labute approximate surface area is 142 Å². The largest absolute Gasteiger partial charge is 0.508 e. The minimum Gasteiger partial charge on any atom is -0.508 e. The monoisotopic (exact) mass is 331 g/mol. The molecule has 0 radical (unpaired) electrons. The number of phenolic OH excluding ortho intramolecular Hbond substituents is 1. The number of hydrogen-bond acceptors (Lipinski definition) is 6. The van der Waals surface area contributed by atoms with Gasteiger partial charge in [0.2, 0.25) is 0 Å². The second-order valence-electron chi connectivity index (χ2n) is 5.45. The van der Waals surface area contributed by atoms with Crippen molar-refractivity contribution in [3.05, 3.63) is 66.7 Å². The van der Waals surface area contributed by atoms with Crippen LogP contribution in [0, 0.1) is 0 Å². The fourth-order valence-corrected chi connectivity index (χ4v) is 2.56. The van der Waals surface area contributed by atoms with Gasteiger partial charge in [-0.25, -0.2) is 9.97 Å². The summed E-state index contributed by atoms with van der Waals surface area (Å²) in [6.45, 7) is 0. The number of rotatable bonds is 4. The van der Waals surface area contributed by atoms with E-state index in [1.54, 1.807) is 36.4 Å². The van der Waals surface area contributed by atoms with Crippen molar-refractivity contribution in [3.8, 4) is 17.1 Å².